The van der Waals surface area contributed by atoms with Gasteiger partial charge in [0.15, 0.2) is 0 Å². The Kier molecular flexibility index (Phi) is 5.39. The molecule has 1 saturated heterocycles. The summed E-state index contributed by atoms with van der Waals surface area (Å²) < 4.78 is 6.56. The number of carbonyl (C=O) groups is 1. The molecule has 0 aliphatic carbocycles. The van der Waals surface area contributed by atoms with E-state index in [4.69, 9.17) is 4.74 Å². The number of hydrogen-bond acceptors (Lipinski definition) is 6. The van der Waals surface area contributed by atoms with Gasteiger partial charge < -0.3 is 15.0 Å². The van der Waals surface area contributed by atoms with E-state index in [-0.39, 0.29) is 5.91 Å². The quantitative estimate of drug-likeness (QED) is 0.707. The molecule has 2 N–H and O–H groups in total. The predicted molar refractivity (Wildman–Crippen MR) is 109 cm³/mol. The molecule has 28 heavy (non-hydrogen) atoms. The second kappa shape index (κ2) is 8.10. The summed E-state index contributed by atoms with van der Waals surface area (Å²) in [6.07, 6.45) is 0.979. The summed E-state index contributed by atoms with van der Waals surface area (Å²) in [5.41, 5.74) is 3.14. The number of para-hydroxylation sites is 1. The molecule has 0 spiro atoms. The van der Waals surface area contributed by atoms with Crippen LogP contribution in [0.15, 0.2) is 24.3 Å². The van der Waals surface area contributed by atoms with E-state index in [1.54, 1.807) is 35.6 Å². The van der Waals surface area contributed by atoms with Crippen molar-refractivity contribution in [3.05, 3.63) is 46.1 Å². The molecule has 1 aliphatic heterocycles. The molecule has 7 nitrogen and oxygen atoms in total. The number of benzene rings is 1. The number of carbonyl (C=O) groups excluding carboxylic acids is 1. The van der Waals surface area contributed by atoms with Crippen molar-refractivity contribution in [3.63, 3.8) is 0 Å². The molecular formula is C20H21N5O2S. The summed E-state index contributed by atoms with van der Waals surface area (Å²) in [5.74, 6) is -0.258. The molecule has 0 radical (unpaired) electrons. The number of amides is 1. The zero-order chi connectivity index (χ0) is 19.5. The van der Waals surface area contributed by atoms with Crippen molar-refractivity contribution in [2.24, 2.45) is 0 Å². The predicted octanol–water partition coefficient (Wildman–Crippen LogP) is 3.28. The van der Waals surface area contributed by atoms with Gasteiger partial charge in [-0.15, -0.1) is 11.3 Å². The fourth-order valence-corrected chi connectivity index (χ4v) is 4.34. The van der Waals surface area contributed by atoms with E-state index < -0.39 is 0 Å². The zero-order valence-corrected chi connectivity index (χ0v) is 16.4. The summed E-state index contributed by atoms with van der Waals surface area (Å²) in [4.78, 5) is 23.1. The lowest BCUT2D eigenvalue weighted by atomic mass is 10.1. The van der Waals surface area contributed by atoms with Crippen LogP contribution in [0.1, 0.15) is 33.0 Å². The Morgan fingerprint density at radius 3 is 3.11 bits per heavy atom. The van der Waals surface area contributed by atoms with Gasteiger partial charge in [-0.25, -0.2) is 4.98 Å². The lowest BCUT2D eigenvalue weighted by Crippen LogP contribution is -2.27. The second-order valence-electron chi connectivity index (χ2n) is 6.74. The molecule has 1 aliphatic rings. The number of aryl methyl sites for hydroxylation is 1. The Hall–Kier alpha value is -2.73. The molecule has 3 heterocycles. The Morgan fingerprint density at radius 2 is 2.25 bits per heavy atom. The van der Waals surface area contributed by atoms with Crippen LogP contribution >= 0.6 is 11.3 Å². The van der Waals surface area contributed by atoms with Crippen molar-refractivity contribution in [1.29, 1.82) is 5.26 Å². The molecule has 2 aromatic heterocycles. The number of hydrogen-bond donors (Lipinski definition) is 2. The molecule has 8 heteroatoms. The van der Waals surface area contributed by atoms with Gasteiger partial charge in [0.2, 0.25) is 0 Å². The first-order valence-electron chi connectivity index (χ1n) is 9.24. The highest BCUT2D eigenvalue weighted by Gasteiger charge is 2.23. The zero-order valence-electron chi connectivity index (χ0n) is 15.6. The maximum Gasteiger partial charge on any atom is 0.272 e. The second-order valence-corrected chi connectivity index (χ2v) is 7.95. The standard InChI is InChI=1S/C20H21N5O2S/c1-13-22-19-18(28-13)15(12-25-7-4-9-27-10-8-25)17(24-19)20(26)23-16-6-3-2-5-14(16)11-21/h2-3,5-6,24H,4,7-10,12H2,1H3,(H,23,26). The lowest BCUT2D eigenvalue weighted by Gasteiger charge is -2.19. The van der Waals surface area contributed by atoms with Gasteiger partial charge in [-0.3, -0.25) is 9.69 Å². The summed E-state index contributed by atoms with van der Waals surface area (Å²) in [6.45, 7) is 5.87. The molecule has 0 atom stereocenters. The highest BCUT2D eigenvalue weighted by atomic mass is 32.1. The number of nitriles is 1. The maximum atomic E-state index is 13.0. The van der Waals surface area contributed by atoms with Gasteiger partial charge >= 0.3 is 0 Å². The Morgan fingerprint density at radius 1 is 1.39 bits per heavy atom. The van der Waals surface area contributed by atoms with Crippen LogP contribution in [0.4, 0.5) is 5.69 Å². The molecule has 0 bridgehead atoms. The highest BCUT2D eigenvalue weighted by Crippen LogP contribution is 2.30. The van der Waals surface area contributed by atoms with Gasteiger partial charge in [0.1, 0.15) is 17.4 Å². The van der Waals surface area contributed by atoms with Crippen LogP contribution in [-0.4, -0.2) is 47.1 Å². The molecular weight excluding hydrogens is 374 g/mol. The topological polar surface area (TPSA) is 94.0 Å². The van der Waals surface area contributed by atoms with E-state index in [1.165, 1.54) is 0 Å². The van der Waals surface area contributed by atoms with E-state index in [2.05, 4.69) is 26.3 Å². The van der Waals surface area contributed by atoms with Crippen LogP contribution in [0.25, 0.3) is 10.3 Å². The highest BCUT2D eigenvalue weighted by molar-refractivity contribution is 7.18. The smallest absolute Gasteiger partial charge is 0.272 e. The molecule has 0 unspecified atom stereocenters. The minimum Gasteiger partial charge on any atom is -0.380 e. The third-order valence-electron chi connectivity index (χ3n) is 4.77. The third kappa shape index (κ3) is 3.78. The van der Waals surface area contributed by atoms with Gasteiger partial charge in [0, 0.05) is 31.8 Å². The monoisotopic (exact) mass is 395 g/mol. The number of aromatic amines is 1. The van der Waals surface area contributed by atoms with Gasteiger partial charge in [-0.05, 0) is 25.5 Å². The fraction of sp³-hybridized carbons (Fsp3) is 0.350. The molecule has 3 aromatic rings. The first-order valence-corrected chi connectivity index (χ1v) is 10.1. The number of H-pyrrole nitrogens is 1. The van der Waals surface area contributed by atoms with Crippen molar-refractivity contribution in [3.8, 4) is 6.07 Å². The van der Waals surface area contributed by atoms with Gasteiger partial charge in [0.25, 0.3) is 5.91 Å². The number of fused-ring (bicyclic) bond motifs is 1. The number of nitrogens with zero attached hydrogens (tertiary/aromatic N) is 3. The average Bonchev–Trinajstić information content (AvgIpc) is 3.08. The summed E-state index contributed by atoms with van der Waals surface area (Å²) in [6, 6.07) is 9.10. The van der Waals surface area contributed by atoms with Crippen LogP contribution in [0.2, 0.25) is 0 Å². The van der Waals surface area contributed by atoms with Crippen LogP contribution in [0.5, 0.6) is 0 Å². The van der Waals surface area contributed by atoms with Crippen molar-refractivity contribution >= 4 is 33.3 Å². The molecule has 4 rings (SSSR count). The number of anilines is 1. The number of rotatable bonds is 4. The summed E-state index contributed by atoms with van der Waals surface area (Å²) in [5, 5.41) is 13.1. The lowest BCUT2D eigenvalue weighted by molar-refractivity contribution is 0.102. The molecule has 1 aromatic carbocycles. The van der Waals surface area contributed by atoms with Crippen molar-refractivity contribution < 1.29 is 9.53 Å². The maximum absolute atomic E-state index is 13.0. The number of ether oxygens (including phenoxy) is 1. The third-order valence-corrected chi connectivity index (χ3v) is 5.80. The number of thiazole rings is 1. The van der Waals surface area contributed by atoms with Gasteiger partial charge in [-0.2, -0.15) is 5.26 Å². The number of aromatic nitrogens is 2. The summed E-state index contributed by atoms with van der Waals surface area (Å²) >= 11 is 1.59. The molecule has 1 amide bonds. The first-order chi connectivity index (χ1) is 13.7. The van der Waals surface area contributed by atoms with Crippen LogP contribution in [0, 0.1) is 18.3 Å². The Labute approximate surface area is 166 Å². The minimum absolute atomic E-state index is 0.258. The van der Waals surface area contributed by atoms with Crippen LogP contribution in [-0.2, 0) is 11.3 Å². The van der Waals surface area contributed by atoms with E-state index in [1.807, 2.05) is 6.92 Å². The van der Waals surface area contributed by atoms with E-state index in [9.17, 15) is 10.1 Å². The first kappa shape index (κ1) is 18.6. The average molecular weight is 395 g/mol. The van der Waals surface area contributed by atoms with Gasteiger partial charge in [0.05, 0.1) is 27.6 Å². The summed E-state index contributed by atoms with van der Waals surface area (Å²) in [7, 11) is 0. The normalized spacial score (nSPS) is 15.3. The minimum atomic E-state index is -0.258. The van der Waals surface area contributed by atoms with E-state index >= 15 is 0 Å². The number of nitrogens with one attached hydrogen (secondary N) is 2. The van der Waals surface area contributed by atoms with Crippen molar-refractivity contribution in [2.75, 3.05) is 31.6 Å². The van der Waals surface area contributed by atoms with Crippen LogP contribution < -0.4 is 5.32 Å². The largest absolute Gasteiger partial charge is 0.380 e. The Balaban J connectivity index is 1.66. The van der Waals surface area contributed by atoms with Crippen molar-refractivity contribution in [2.45, 2.75) is 19.9 Å². The van der Waals surface area contributed by atoms with Crippen LogP contribution in [0.3, 0.4) is 0 Å². The SMILES string of the molecule is Cc1nc2[nH]c(C(=O)Nc3ccccc3C#N)c(CN3CCCOCC3)c2s1. The van der Waals surface area contributed by atoms with Crippen molar-refractivity contribution in [1.82, 2.24) is 14.9 Å². The van der Waals surface area contributed by atoms with E-state index in [0.29, 0.717) is 30.1 Å². The molecule has 1 fully saturated rings. The molecule has 0 saturated carbocycles. The fourth-order valence-electron chi connectivity index (χ4n) is 3.42. The van der Waals surface area contributed by atoms with Gasteiger partial charge in [-0.1, -0.05) is 12.1 Å². The molecule has 144 valence electrons. The Bertz CT molecular complexity index is 1040. The van der Waals surface area contributed by atoms with E-state index in [0.717, 1.165) is 47.0 Å².